The molecule has 0 aromatic heterocycles. The number of aliphatic hydroxyl groups excluding tert-OH is 4. The molecule has 1 saturated heterocycles. The molecule has 1 aliphatic heterocycles. The summed E-state index contributed by atoms with van der Waals surface area (Å²) in [6.07, 6.45) is 2.49. The van der Waals surface area contributed by atoms with Gasteiger partial charge in [0.2, 0.25) is 0 Å². The first kappa shape index (κ1) is 27.3. The van der Waals surface area contributed by atoms with E-state index >= 15 is 0 Å². The van der Waals surface area contributed by atoms with E-state index in [0.29, 0.717) is 30.8 Å². The van der Waals surface area contributed by atoms with Crippen LogP contribution >= 0.6 is 0 Å². The van der Waals surface area contributed by atoms with Crippen molar-refractivity contribution >= 4 is 5.97 Å². The smallest absolute Gasteiger partial charge is 0.309 e. The van der Waals surface area contributed by atoms with E-state index < -0.39 is 24.4 Å². The minimum atomic E-state index is -0.867. The van der Waals surface area contributed by atoms with Gasteiger partial charge >= 0.3 is 5.97 Å². The van der Waals surface area contributed by atoms with Gasteiger partial charge in [-0.05, 0) is 90.8 Å². The van der Waals surface area contributed by atoms with Crippen LogP contribution in [0.1, 0.15) is 86.5 Å². The molecule has 1 heterocycles. The molecule has 35 heavy (non-hydrogen) atoms. The first-order valence-corrected chi connectivity index (χ1v) is 14.3. The van der Waals surface area contributed by atoms with E-state index in [1.165, 1.54) is 0 Å². The normalized spacial score (nSPS) is 47.1. The fraction of sp³-hybridized carbons (Fsp3) is 0.966. The van der Waals surface area contributed by atoms with Gasteiger partial charge in [-0.2, -0.15) is 0 Å². The summed E-state index contributed by atoms with van der Waals surface area (Å²) < 4.78 is 5.88. The van der Waals surface area contributed by atoms with E-state index in [1.54, 1.807) is 0 Å². The number of rotatable bonds is 6. The third-order valence-electron chi connectivity index (χ3n) is 11.7. The Bertz CT molecular complexity index is 770. The molecule has 0 spiro atoms. The molecule has 202 valence electrons. The van der Waals surface area contributed by atoms with Gasteiger partial charge < -0.3 is 25.2 Å². The fourth-order valence-electron chi connectivity index (χ4n) is 9.60. The van der Waals surface area contributed by atoms with E-state index in [0.717, 1.165) is 32.1 Å². The molecule has 6 nitrogen and oxygen atoms in total. The van der Waals surface area contributed by atoms with Crippen molar-refractivity contribution in [3.8, 4) is 0 Å². The number of esters is 1. The molecule has 0 amide bonds. The van der Waals surface area contributed by atoms with Crippen molar-refractivity contribution in [2.24, 2.45) is 58.2 Å². The highest BCUT2D eigenvalue weighted by atomic mass is 16.5. The SMILES string of the molecule is CC[C@@H](C(C)C)[C@H](O)[C@@H](O)[C@@H](C)[C@H]1CC[C@H]2[C@@H]3COC(=O)[C@@H]4C[C@@H](O)[C@@H](O)C[C@]4(C)[C@H]3CC[C@]12C. The lowest BCUT2D eigenvalue weighted by molar-refractivity contribution is -0.162. The third kappa shape index (κ3) is 4.38. The highest BCUT2D eigenvalue weighted by Gasteiger charge is 2.63. The third-order valence-corrected chi connectivity index (χ3v) is 11.7. The van der Waals surface area contributed by atoms with Crippen LogP contribution in [0.3, 0.4) is 0 Å². The average Bonchev–Trinajstić information content (AvgIpc) is 3.11. The first-order chi connectivity index (χ1) is 16.4. The van der Waals surface area contributed by atoms with Crippen LogP contribution in [0.4, 0.5) is 0 Å². The Morgan fingerprint density at radius 1 is 0.971 bits per heavy atom. The van der Waals surface area contributed by atoms with Crippen molar-refractivity contribution in [2.45, 2.75) is 111 Å². The molecule has 0 bridgehead atoms. The zero-order valence-corrected chi connectivity index (χ0v) is 22.7. The Balaban J connectivity index is 1.57. The van der Waals surface area contributed by atoms with Crippen LogP contribution < -0.4 is 0 Å². The van der Waals surface area contributed by atoms with Crippen LogP contribution in [0.2, 0.25) is 0 Å². The Morgan fingerprint density at radius 3 is 2.26 bits per heavy atom. The number of aliphatic hydroxyl groups is 4. The van der Waals surface area contributed by atoms with Gasteiger partial charge in [0.05, 0.1) is 36.9 Å². The number of fused-ring (bicyclic) bond motifs is 5. The van der Waals surface area contributed by atoms with Crippen LogP contribution in [-0.4, -0.2) is 57.4 Å². The topological polar surface area (TPSA) is 107 Å². The summed E-state index contributed by atoms with van der Waals surface area (Å²) in [7, 11) is 0. The number of hydrogen-bond acceptors (Lipinski definition) is 6. The molecule has 13 atom stereocenters. The first-order valence-electron chi connectivity index (χ1n) is 14.3. The molecule has 4 N–H and O–H groups in total. The Kier molecular flexibility index (Phi) is 7.72. The molecule has 3 aliphatic carbocycles. The lowest BCUT2D eigenvalue weighted by Crippen LogP contribution is -2.55. The average molecular weight is 495 g/mol. The van der Waals surface area contributed by atoms with Gasteiger partial charge in [-0.1, -0.05) is 48.0 Å². The molecule has 0 unspecified atom stereocenters. The standard InChI is InChI=1S/C29H50O6/c1-7-17(15(2)3)26(33)25(32)16(4)19-8-9-20-18-14-35-27(34)22-12-23(30)24(31)13-29(22,6)21(18)10-11-28(19,20)5/h15-26,30-33H,7-14H2,1-6H3/t16-,17-,18-,19+,20-,21-,22-,23+,24-,25-,26-,28+,29+/m0/s1. The fourth-order valence-corrected chi connectivity index (χ4v) is 9.60. The highest BCUT2D eigenvalue weighted by molar-refractivity contribution is 5.74. The maximum Gasteiger partial charge on any atom is 0.309 e. The van der Waals surface area contributed by atoms with E-state index in [1.807, 2.05) is 0 Å². The minimum Gasteiger partial charge on any atom is -0.465 e. The van der Waals surface area contributed by atoms with E-state index in [4.69, 9.17) is 4.74 Å². The minimum absolute atomic E-state index is 0.00679. The number of carbonyl (C=O) groups excluding carboxylic acids is 1. The predicted octanol–water partition coefficient (Wildman–Crippen LogP) is 3.78. The summed E-state index contributed by atoms with van der Waals surface area (Å²) >= 11 is 0. The maximum absolute atomic E-state index is 13.0. The second kappa shape index (κ2) is 9.89. The van der Waals surface area contributed by atoms with Crippen LogP contribution in [0.15, 0.2) is 0 Å². The van der Waals surface area contributed by atoms with Gasteiger partial charge in [-0.15, -0.1) is 0 Å². The summed E-state index contributed by atoms with van der Waals surface area (Å²) in [6.45, 7) is 13.4. The lowest BCUT2D eigenvalue weighted by Gasteiger charge is -2.56. The largest absolute Gasteiger partial charge is 0.465 e. The van der Waals surface area contributed by atoms with Gasteiger partial charge in [0.1, 0.15) is 0 Å². The summed E-state index contributed by atoms with van der Waals surface area (Å²) in [5, 5.41) is 43.2. The van der Waals surface area contributed by atoms with Gasteiger partial charge in [0.25, 0.3) is 0 Å². The molecule has 6 heteroatoms. The van der Waals surface area contributed by atoms with E-state index in [9.17, 15) is 25.2 Å². The van der Waals surface area contributed by atoms with Gasteiger partial charge in [-0.25, -0.2) is 0 Å². The predicted molar refractivity (Wildman–Crippen MR) is 134 cm³/mol. The Hall–Kier alpha value is -0.690. The summed E-state index contributed by atoms with van der Waals surface area (Å²) in [5.41, 5.74) is -0.348. The van der Waals surface area contributed by atoms with Crippen molar-refractivity contribution in [3.05, 3.63) is 0 Å². The van der Waals surface area contributed by atoms with Crippen molar-refractivity contribution in [2.75, 3.05) is 6.61 Å². The second-order valence-corrected chi connectivity index (χ2v) is 13.5. The van der Waals surface area contributed by atoms with Gasteiger partial charge in [0.15, 0.2) is 0 Å². The number of hydrogen-bond donors (Lipinski definition) is 4. The Morgan fingerprint density at radius 2 is 1.63 bits per heavy atom. The molecule has 0 radical (unpaired) electrons. The van der Waals surface area contributed by atoms with Gasteiger partial charge in [-0.3, -0.25) is 4.79 Å². The van der Waals surface area contributed by atoms with Crippen molar-refractivity contribution in [3.63, 3.8) is 0 Å². The van der Waals surface area contributed by atoms with E-state index in [-0.39, 0.29) is 52.8 Å². The van der Waals surface area contributed by atoms with Crippen LogP contribution in [0.5, 0.6) is 0 Å². The van der Waals surface area contributed by atoms with Crippen LogP contribution in [0, 0.1) is 58.2 Å². The summed E-state index contributed by atoms with van der Waals surface area (Å²) in [5.74, 6) is 1.01. The van der Waals surface area contributed by atoms with Crippen molar-refractivity contribution in [1.82, 2.24) is 0 Å². The molecular formula is C29H50O6. The summed E-state index contributed by atoms with van der Waals surface area (Å²) in [4.78, 5) is 13.0. The number of carbonyl (C=O) groups is 1. The molecular weight excluding hydrogens is 444 g/mol. The zero-order valence-electron chi connectivity index (χ0n) is 22.7. The molecule has 0 aromatic rings. The summed E-state index contributed by atoms with van der Waals surface area (Å²) in [6, 6.07) is 0. The van der Waals surface area contributed by atoms with Crippen LogP contribution in [0.25, 0.3) is 0 Å². The zero-order chi connectivity index (χ0) is 25.9. The highest BCUT2D eigenvalue weighted by Crippen LogP contribution is 2.66. The van der Waals surface area contributed by atoms with E-state index in [2.05, 4.69) is 41.5 Å². The monoisotopic (exact) mass is 494 g/mol. The number of cyclic esters (lactones) is 1. The molecule has 3 saturated carbocycles. The molecule has 4 fully saturated rings. The lowest BCUT2D eigenvalue weighted by atomic mass is 9.48. The molecule has 0 aromatic carbocycles. The van der Waals surface area contributed by atoms with Crippen LogP contribution in [-0.2, 0) is 9.53 Å². The number of ether oxygens (including phenoxy) is 1. The van der Waals surface area contributed by atoms with Gasteiger partial charge in [0, 0.05) is 0 Å². The Labute approximate surface area is 211 Å². The maximum atomic E-state index is 13.0. The van der Waals surface area contributed by atoms with Crippen molar-refractivity contribution < 1.29 is 30.0 Å². The quantitative estimate of drug-likeness (QED) is 0.419. The molecule has 4 rings (SSSR count). The second-order valence-electron chi connectivity index (χ2n) is 13.5. The van der Waals surface area contributed by atoms with Crippen molar-refractivity contribution in [1.29, 1.82) is 0 Å². The molecule has 4 aliphatic rings.